The molecule has 1 N–H and O–H groups in total. The molecule has 0 spiro atoms. The summed E-state index contributed by atoms with van der Waals surface area (Å²) in [5.41, 5.74) is 3.96. The molecule has 1 saturated heterocycles. The number of fused-ring (bicyclic) bond motifs is 1. The van der Waals surface area contributed by atoms with E-state index < -0.39 is 0 Å². The molecule has 0 atom stereocenters. The molecule has 2 heterocycles. The summed E-state index contributed by atoms with van der Waals surface area (Å²) < 4.78 is 19.4. The van der Waals surface area contributed by atoms with Crippen LogP contribution in [0.1, 0.15) is 27.1 Å². The van der Waals surface area contributed by atoms with Gasteiger partial charge in [-0.05, 0) is 66.1 Å². The van der Waals surface area contributed by atoms with Crippen LogP contribution in [0.2, 0.25) is 0 Å². The van der Waals surface area contributed by atoms with Gasteiger partial charge in [-0.1, -0.05) is 18.2 Å². The summed E-state index contributed by atoms with van der Waals surface area (Å²) in [6.07, 6.45) is 1.04. The Hall–Kier alpha value is -3.93. The highest BCUT2D eigenvalue weighted by Crippen LogP contribution is 2.36. The topological polar surface area (TPSA) is 62.6 Å². The second-order valence-corrected chi connectivity index (χ2v) is 7.83. The van der Waals surface area contributed by atoms with Crippen molar-refractivity contribution in [2.45, 2.75) is 6.42 Å². The highest BCUT2D eigenvalue weighted by Gasteiger charge is 2.23. The van der Waals surface area contributed by atoms with Crippen LogP contribution in [-0.4, -0.2) is 36.9 Å². The van der Waals surface area contributed by atoms with E-state index in [2.05, 4.69) is 5.32 Å². The molecule has 5 nitrogen and oxygen atoms in total. The number of carbonyl (C=O) groups is 2. The molecule has 5 rings (SSSR count). The van der Waals surface area contributed by atoms with Gasteiger partial charge in [0.05, 0.1) is 5.56 Å². The van der Waals surface area contributed by atoms with Crippen molar-refractivity contribution in [1.29, 1.82) is 0 Å². The molecule has 0 bridgehead atoms. The minimum absolute atomic E-state index is 0.0344. The van der Waals surface area contributed by atoms with Crippen molar-refractivity contribution in [3.63, 3.8) is 0 Å². The number of hydrogen-bond donors (Lipinski definition) is 1. The molecule has 0 aliphatic carbocycles. The van der Waals surface area contributed by atoms with Crippen molar-refractivity contribution in [3.05, 3.63) is 83.7 Å². The van der Waals surface area contributed by atoms with E-state index >= 15 is 0 Å². The standard InChI is InChI=1S/C26H21FN2O3/c1-28-25(30)23-21-15-18(17-4-2-5-19(14-17)26(31)29-12-3-13-29)8-11-22(21)32-24(23)16-6-9-20(27)10-7-16/h2,4-11,14-15H,3,12-13H2,1H3,(H,28,30). The number of nitrogens with one attached hydrogen (secondary N) is 1. The third kappa shape index (κ3) is 3.43. The smallest absolute Gasteiger partial charge is 0.255 e. The first-order valence-corrected chi connectivity index (χ1v) is 10.5. The number of nitrogens with zero attached hydrogens (tertiary/aromatic N) is 1. The summed E-state index contributed by atoms with van der Waals surface area (Å²) in [4.78, 5) is 27.2. The van der Waals surface area contributed by atoms with Crippen LogP contribution in [0.3, 0.4) is 0 Å². The number of benzene rings is 3. The molecule has 160 valence electrons. The predicted octanol–water partition coefficient (Wildman–Crippen LogP) is 5.11. The Bertz CT molecular complexity index is 1340. The number of hydrogen-bond acceptors (Lipinski definition) is 3. The average Bonchev–Trinajstić information content (AvgIpc) is 3.16. The van der Waals surface area contributed by atoms with E-state index in [1.54, 1.807) is 19.2 Å². The van der Waals surface area contributed by atoms with E-state index in [0.717, 1.165) is 30.6 Å². The first kappa shape index (κ1) is 20.0. The fourth-order valence-electron chi connectivity index (χ4n) is 3.97. The van der Waals surface area contributed by atoms with E-state index in [9.17, 15) is 14.0 Å². The van der Waals surface area contributed by atoms with E-state index in [0.29, 0.717) is 33.4 Å². The zero-order valence-corrected chi connectivity index (χ0v) is 17.5. The third-order valence-electron chi connectivity index (χ3n) is 5.83. The van der Waals surface area contributed by atoms with Crippen LogP contribution in [0.5, 0.6) is 0 Å². The van der Waals surface area contributed by atoms with Crippen LogP contribution in [0.4, 0.5) is 4.39 Å². The summed E-state index contributed by atoms with van der Waals surface area (Å²) >= 11 is 0. The highest BCUT2D eigenvalue weighted by atomic mass is 19.1. The van der Waals surface area contributed by atoms with Gasteiger partial charge in [-0.15, -0.1) is 0 Å². The molecule has 4 aromatic rings. The Labute approximate surface area is 184 Å². The highest BCUT2D eigenvalue weighted by molar-refractivity contribution is 6.11. The Morgan fingerprint density at radius 3 is 2.34 bits per heavy atom. The van der Waals surface area contributed by atoms with Crippen LogP contribution in [-0.2, 0) is 0 Å². The molecular weight excluding hydrogens is 407 g/mol. The normalized spacial score (nSPS) is 13.1. The largest absolute Gasteiger partial charge is 0.455 e. The fraction of sp³-hybridized carbons (Fsp3) is 0.154. The van der Waals surface area contributed by atoms with Crippen molar-refractivity contribution in [2.24, 2.45) is 0 Å². The third-order valence-corrected chi connectivity index (χ3v) is 5.83. The Morgan fingerprint density at radius 2 is 1.66 bits per heavy atom. The number of rotatable bonds is 4. The lowest BCUT2D eigenvalue weighted by Gasteiger charge is -2.31. The molecule has 3 aromatic carbocycles. The van der Waals surface area contributed by atoms with Gasteiger partial charge in [0, 0.05) is 36.7 Å². The minimum Gasteiger partial charge on any atom is -0.455 e. The Kier molecular flexibility index (Phi) is 4.98. The summed E-state index contributed by atoms with van der Waals surface area (Å²) in [7, 11) is 1.56. The fourth-order valence-corrected chi connectivity index (χ4v) is 3.97. The summed E-state index contributed by atoms with van der Waals surface area (Å²) in [5, 5.41) is 3.32. The number of carbonyl (C=O) groups excluding carboxylic acids is 2. The summed E-state index contributed by atoms with van der Waals surface area (Å²) in [6.45, 7) is 1.59. The number of likely N-dealkylation sites (tertiary alicyclic amines) is 1. The van der Waals surface area contributed by atoms with Crippen molar-refractivity contribution >= 4 is 22.8 Å². The Morgan fingerprint density at radius 1 is 0.938 bits per heavy atom. The number of halogens is 1. The first-order chi connectivity index (χ1) is 15.5. The van der Waals surface area contributed by atoms with E-state index in [1.807, 2.05) is 47.4 Å². The molecule has 32 heavy (non-hydrogen) atoms. The number of amides is 2. The van der Waals surface area contributed by atoms with Crippen molar-refractivity contribution < 1.29 is 18.4 Å². The van der Waals surface area contributed by atoms with Gasteiger partial charge in [0.1, 0.15) is 17.2 Å². The summed E-state index contributed by atoms with van der Waals surface area (Å²) in [6, 6.07) is 19.0. The lowest BCUT2D eigenvalue weighted by molar-refractivity contribution is 0.0651. The van der Waals surface area contributed by atoms with Gasteiger partial charge in [-0.2, -0.15) is 0 Å². The molecule has 0 radical (unpaired) electrons. The average molecular weight is 428 g/mol. The zero-order chi connectivity index (χ0) is 22.2. The lowest BCUT2D eigenvalue weighted by Crippen LogP contribution is -2.41. The molecule has 0 unspecified atom stereocenters. The van der Waals surface area contributed by atoms with Crippen LogP contribution >= 0.6 is 0 Å². The molecular formula is C26H21FN2O3. The molecule has 1 fully saturated rings. The second-order valence-electron chi connectivity index (χ2n) is 7.83. The van der Waals surface area contributed by atoms with Gasteiger partial charge >= 0.3 is 0 Å². The Balaban J connectivity index is 1.61. The lowest BCUT2D eigenvalue weighted by atomic mass is 9.98. The molecule has 2 amide bonds. The molecule has 0 saturated carbocycles. The number of furan rings is 1. The van der Waals surface area contributed by atoms with Crippen LogP contribution in [0, 0.1) is 5.82 Å². The molecule has 1 aliphatic heterocycles. The van der Waals surface area contributed by atoms with Crippen LogP contribution in [0.25, 0.3) is 33.4 Å². The van der Waals surface area contributed by atoms with Gasteiger partial charge < -0.3 is 14.6 Å². The zero-order valence-electron chi connectivity index (χ0n) is 17.5. The molecule has 6 heteroatoms. The van der Waals surface area contributed by atoms with Crippen LogP contribution < -0.4 is 5.32 Å². The van der Waals surface area contributed by atoms with Gasteiger partial charge in [0.15, 0.2) is 0 Å². The van der Waals surface area contributed by atoms with Crippen molar-refractivity contribution in [1.82, 2.24) is 10.2 Å². The van der Waals surface area contributed by atoms with E-state index in [4.69, 9.17) is 4.42 Å². The van der Waals surface area contributed by atoms with Crippen molar-refractivity contribution in [3.8, 4) is 22.5 Å². The van der Waals surface area contributed by atoms with Gasteiger partial charge in [-0.3, -0.25) is 9.59 Å². The van der Waals surface area contributed by atoms with Gasteiger partial charge in [-0.25, -0.2) is 4.39 Å². The van der Waals surface area contributed by atoms with Crippen LogP contribution in [0.15, 0.2) is 71.1 Å². The quantitative estimate of drug-likeness (QED) is 0.491. The maximum absolute atomic E-state index is 13.4. The SMILES string of the molecule is CNC(=O)c1c(-c2ccc(F)cc2)oc2ccc(-c3cccc(C(=O)N4CCC4)c3)cc12. The van der Waals surface area contributed by atoms with Crippen molar-refractivity contribution in [2.75, 3.05) is 20.1 Å². The van der Waals surface area contributed by atoms with Gasteiger partial charge in [0.2, 0.25) is 0 Å². The molecule has 1 aliphatic rings. The maximum Gasteiger partial charge on any atom is 0.255 e. The van der Waals surface area contributed by atoms with E-state index in [1.165, 1.54) is 12.1 Å². The second kappa shape index (κ2) is 7.96. The predicted molar refractivity (Wildman–Crippen MR) is 121 cm³/mol. The van der Waals surface area contributed by atoms with Gasteiger partial charge in [0.25, 0.3) is 11.8 Å². The maximum atomic E-state index is 13.4. The molecule has 1 aromatic heterocycles. The summed E-state index contributed by atoms with van der Waals surface area (Å²) in [5.74, 6) is -0.228. The van der Waals surface area contributed by atoms with E-state index in [-0.39, 0.29) is 17.6 Å². The monoisotopic (exact) mass is 428 g/mol. The first-order valence-electron chi connectivity index (χ1n) is 10.5. The minimum atomic E-state index is -0.360.